The molecule has 104 valence electrons. The number of pyridine rings is 1. The van der Waals surface area contributed by atoms with Gasteiger partial charge >= 0.3 is 0 Å². The Hall–Kier alpha value is -0.840. The average molecular weight is 303 g/mol. The number of hydrogen-bond acceptors (Lipinski definition) is 3. The van der Waals surface area contributed by atoms with Gasteiger partial charge in [-0.05, 0) is 43.7 Å². The molecule has 1 heterocycles. The van der Waals surface area contributed by atoms with Crippen LogP contribution in [0.2, 0.25) is 10.2 Å². The molecule has 0 aliphatic heterocycles. The summed E-state index contributed by atoms with van der Waals surface area (Å²) in [5.41, 5.74) is 0.165. The Kier molecular flexibility index (Phi) is 5.02. The van der Waals surface area contributed by atoms with Gasteiger partial charge in [-0.1, -0.05) is 23.2 Å². The third-order valence-corrected chi connectivity index (χ3v) is 3.98. The molecule has 0 spiro atoms. The number of aromatic nitrogens is 1. The number of carbonyl (C=O) groups is 1. The molecule has 0 atom stereocenters. The summed E-state index contributed by atoms with van der Waals surface area (Å²) in [6.07, 6.45) is 3.60. The summed E-state index contributed by atoms with van der Waals surface area (Å²) in [6.45, 7) is 0.225. The Bertz CT molecular complexity index is 460. The van der Waals surface area contributed by atoms with Crippen molar-refractivity contribution >= 4 is 29.1 Å². The van der Waals surface area contributed by atoms with Crippen LogP contribution in [0.15, 0.2) is 12.1 Å². The van der Waals surface area contributed by atoms with Crippen molar-refractivity contribution in [2.45, 2.75) is 31.7 Å². The molecule has 1 amide bonds. The maximum atomic E-state index is 12.1. The van der Waals surface area contributed by atoms with E-state index in [4.69, 9.17) is 28.3 Å². The zero-order valence-electron chi connectivity index (χ0n) is 10.4. The highest BCUT2D eigenvalue weighted by Crippen LogP contribution is 2.24. The van der Waals surface area contributed by atoms with Crippen molar-refractivity contribution in [3.05, 3.63) is 28.0 Å². The highest BCUT2D eigenvalue weighted by Gasteiger charge is 2.23. The fraction of sp³-hybridized carbons (Fsp3) is 0.538. The molecule has 1 aliphatic carbocycles. The predicted octanol–water partition coefficient (Wildman–Crippen LogP) is 2.67. The van der Waals surface area contributed by atoms with Crippen molar-refractivity contribution in [1.82, 2.24) is 10.3 Å². The van der Waals surface area contributed by atoms with Gasteiger partial charge < -0.3 is 10.4 Å². The molecule has 6 heteroatoms. The molecule has 1 aliphatic rings. The number of nitrogens with zero attached hydrogens (tertiary/aromatic N) is 1. The maximum absolute atomic E-state index is 12.1. The molecule has 1 aromatic rings. The second-order valence-corrected chi connectivity index (χ2v) is 5.63. The highest BCUT2D eigenvalue weighted by molar-refractivity contribution is 6.34. The van der Waals surface area contributed by atoms with Gasteiger partial charge in [0.2, 0.25) is 0 Å². The van der Waals surface area contributed by atoms with Gasteiger partial charge in [0.15, 0.2) is 0 Å². The van der Waals surface area contributed by atoms with E-state index in [0.29, 0.717) is 10.9 Å². The second-order valence-electron chi connectivity index (χ2n) is 4.84. The van der Waals surface area contributed by atoms with Crippen LogP contribution in [0.5, 0.6) is 0 Å². The van der Waals surface area contributed by atoms with Crippen molar-refractivity contribution in [3.63, 3.8) is 0 Å². The number of carbonyl (C=O) groups excluding carboxylic acids is 1. The summed E-state index contributed by atoms with van der Waals surface area (Å²) in [4.78, 5) is 16.0. The third kappa shape index (κ3) is 3.81. The first-order chi connectivity index (χ1) is 9.10. The normalized spacial score (nSPS) is 23.1. The van der Waals surface area contributed by atoms with Crippen LogP contribution < -0.4 is 5.32 Å². The molecule has 0 unspecified atom stereocenters. The van der Waals surface area contributed by atoms with Crippen molar-refractivity contribution in [2.24, 2.45) is 5.92 Å². The fourth-order valence-corrected chi connectivity index (χ4v) is 2.66. The largest absolute Gasteiger partial charge is 0.396 e. The summed E-state index contributed by atoms with van der Waals surface area (Å²) in [6, 6.07) is 3.23. The van der Waals surface area contributed by atoms with E-state index in [1.165, 1.54) is 0 Å². The van der Waals surface area contributed by atoms with Gasteiger partial charge in [-0.2, -0.15) is 0 Å². The number of nitrogens with one attached hydrogen (secondary N) is 1. The van der Waals surface area contributed by atoms with Crippen LogP contribution in [0.1, 0.15) is 36.2 Å². The molecule has 1 aromatic heterocycles. The van der Waals surface area contributed by atoms with Gasteiger partial charge in [0.1, 0.15) is 10.8 Å². The Labute approximate surface area is 122 Å². The van der Waals surface area contributed by atoms with E-state index in [1.54, 1.807) is 12.1 Å². The number of halogens is 2. The minimum atomic E-state index is -0.292. The van der Waals surface area contributed by atoms with Gasteiger partial charge in [0.25, 0.3) is 5.91 Å². The highest BCUT2D eigenvalue weighted by atomic mass is 35.5. The van der Waals surface area contributed by atoms with E-state index in [2.05, 4.69) is 10.3 Å². The standard InChI is InChI=1S/C13H16Cl2N2O2/c14-10-5-6-11(15)17-12(10)13(19)16-9-3-1-8(7-18)2-4-9/h5-6,8-9,18H,1-4,7H2,(H,16,19). The van der Waals surface area contributed by atoms with Gasteiger partial charge in [-0.15, -0.1) is 0 Å². The maximum Gasteiger partial charge on any atom is 0.271 e. The third-order valence-electron chi connectivity index (χ3n) is 3.47. The Morgan fingerprint density at radius 3 is 2.63 bits per heavy atom. The number of rotatable bonds is 3. The lowest BCUT2D eigenvalue weighted by Gasteiger charge is -2.27. The Morgan fingerprint density at radius 2 is 2.00 bits per heavy atom. The van der Waals surface area contributed by atoms with Crippen LogP contribution >= 0.6 is 23.2 Å². The van der Waals surface area contributed by atoms with Crippen LogP contribution in [0.3, 0.4) is 0 Å². The molecule has 2 N–H and O–H groups in total. The van der Waals surface area contributed by atoms with Crippen LogP contribution in [-0.2, 0) is 0 Å². The summed E-state index contributed by atoms with van der Waals surface area (Å²) < 4.78 is 0. The summed E-state index contributed by atoms with van der Waals surface area (Å²) in [5, 5.41) is 12.5. The number of amides is 1. The van der Waals surface area contributed by atoms with E-state index in [0.717, 1.165) is 25.7 Å². The van der Waals surface area contributed by atoms with Gasteiger partial charge in [-0.25, -0.2) is 4.98 Å². The van der Waals surface area contributed by atoms with E-state index in [9.17, 15) is 4.79 Å². The van der Waals surface area contributed by atoms with Gasteiger partial charge in [-0.3, -0.25) is 4.79 Å². The van der Waals surface area contributed by atoms with Crippen LogP contribution in [0.4, 0.5) is 0 Å². The minimum Gasteiger partial charge on any atom is -0.396 e. The molecule has 1 saturated carbocycles. The molecule has 19 heavy (non-hydrogen) atoms. The first-order valence-electron chi connectivity index (χ1n) is 6.34. The summed E-state index contributed by atoms with van der Waals surface area (Å²) in [5.74, 6) is 0.0704. The average Bonchev–Trinajstić information content (AvgIpc) is 2.42. The molecular weight excluding hydrogens is 287 g/mol. The molecule has 0 saturated heterocycles. The molecule has 1 fully saturated rings. The smallest absolute Gasteiger partial charge is 0.271 e. The number of hydrogen-bond donors (Lipinski definition) is 2. The zero-order chi connectivity index (χ0) is 13.8. The summed E-state index contributed by atoms with van der Waals surface area (Å²) in [7, 11) is 0. The topological polar surface area (TPSA) is 62.2 Å². The second kappa shape index (κ2) is 6.55. The molecule has 0 aromatic carbocycles. The van der Waals surface area contributed by atoms with Crippen LogP contribution in [-0.4, -0.2) is 28.6 Å². The number of aliphatic hydroxyl groups excluding tert-OH is 1. The first kappa shape index (κ1) is 14.6. The van der Waals surface area contributed by atoms with E-state index in [1.807, 2.05) is 0 Å². The van der Waals surface area contributed by atoms with Gasteiger partial charge in [0.05, 0.1) is 5.02 Å². The monoisotopic (exact) mass is 302 g/mol. The predicted molar refractivity (Wildman–Crippen MR) is 74.6 cm³/mol. The van der Waals surface area contributed by atoms with E-state index < -0.39 is 0 Å². The quantitative estimate of drug-likeness (QED) is 0.844. The van der Waals surface area contributed by atoms with Crippen molar-refractivity contribution < 1.29 is 9.90 Å². The van der Waals surface area contributed by atoms with E-state index >= 15 is 0 Å². The Balaban J connectivity index is 1.96. The fourth-order valence-electron chi connectivity index (χ4n) is 2.32. The lowest BCUT2D eigenvalue weighted by molar-refractivity contribution is 0.0909. The first-order valence-corrected chi connectivity index (χ1v) is 7.09. The number of aliphatic hydroxyl groups is 1. The van der Waals surface area contributed by atoms with Crippen molar-refractivity contribution in [1.29, 1.82) is 0 Å². The molecule has 0 radical (unpaired) electrons. The zero-order valence-corrected chi connectivity index (χ0v) is 11.9. The molecule has 0 bridgehead atoms. The van der Waals surface area contributed by atoms with Crippen LogP contribution in [0.25, 0.3) is 0 Å². The minimum absolute atomic E-state index is 0.118. The van der Waals surface area contributed by atoms with Crippen molar-refractivity contribution in [3.8, 4) is 0 Å². The van der Waals surface area contributed by atoms with Gasteiger partial charge in [0, 0.05) is 12.6 Å². The molecule has 4 nitrogen and oxygen atoms in total. The SMILES string of the molecule is O=C(NC1CCC(CO)CC1)c1nc(Cl)ccc1Cl. The molecule has 2 rings (SSSR count). The van der Waals surface area contributed by atoms with Crippen molar-refractivity contribution in [2.75, 3.05) is 6.61 Å². The van der Waals surface area contributed by atoms with E-state index in [-0.39, 0.29) is 29.4 Å². The lowest BCUT2D eigenvalue weighted by Crippen LogP contribution is -2.38. The molecular formula is C13H16Cl2N2O2. The summed E-state index contributed by atoms with van der Waals surface area (Å²) >= 11 is 11.7. The van der Waals surface area contributed by atoms with Crippen LogP contribution in [0, 0.1) is 5.92 Å². The lowest BCUT2D eigenvalue weighted by atomic mass is 9.86. The Morgan fingerprint density at radius 1 is 1.32 bits per heavy atom.